The van der Waals surface area contributed by atoms with Crippen molar-refractivity contribution in [1.29, 1.82) is 0 Å². The molecule has 0 N–H and O–H groups in total. The fraction of sp³-hybridized carbons (Fsp3) is 0.429. The number of carbonyl (C=O) groups excluding carboxylic acids is 2. The Morgan fingerprint density at radius 1 is 1.35 bits per heavy atom. The van der Waals surface area contributed by atoms with Crippen LogP contribution in [0.4, 0.5) is 0 Å². The number of benzene rings is 1. The number of nitro groups is 1. The summed E-state index contributed by atoms with van der Waals surface area (Å²) in [7, 11) is 1.25. The van der Waals surface area contributed by atoms with Crippen molar-refractivity contribution in [2.45, 2.75) is 32.2 Å². The van der Waals surface area contributed by atoms with Crippen molar-refractivity contribution in [2.75, 3.05) is 7.11 Å². The summed E-state index contributed by atoms with van der Waals surface area (Å²) in [5.41, 5.74) is 0.730. The molecule has 6 heteroatoms. The Balaban J connectivity index is 3.35. The molecule has 0 saturated carbocycles. The Hall–Kier alpha value is -2.24. The van der Waals surface area contributed by atoms with Crippen molar-refractivity contribution < 1.29 is 19.2 Å². The summed E-state index contributed by atoms with van der Waals surface area (Å²) >= 11 is 0. The smallest absolute Gasteiger partial charge is 0.338 e. The van der Waals surface area contributed by atoms with E-state index in [0.717, 1.165) is 0 Å². The van der Waals surface area contributed by atoms with Gasteiger partial charge in [-0.3, -0.25) is 14.9 Å². The number of ketones is 1. The van der Waals surface area contributed by atoms with E-state index in [9.17, 15) is 19.7 Å². The number of hydrogen-bond donors (Lipinski definition) is 0. The molecule has 0 aliphatic heterocycles. The predicted molar refractivity (Wildman–Crippen MR) is 72.3 cm³/mol. The number of hydrogen-bond acceptors (Lipinski definition) is 5. The molecule has 0 fully saturated rings. The first-order valence-electron chi connectivity index (χ1n) is 6.25. The monoisotopic (exact) mass is 279 g/mol. The van der Waals surface area contributed by atoms with Crippen LogP contribution in [-0.4, -0.2) is 29.8 Å². The first-order chi connectivity index (χ1) is 9.43. The van der Waals surface area contributed by atoms with Gasteiger partial charge in [0.25, 0.3) is 6.04 Å². The zero-order valence-corrected chi connectivity index (χ0v) is 11.7. The van der Waals surface area contributed by atoms with E-state index in [2.05, 4.69) is 4.74 Å². The van der Waals surface area contributed by atoms with E-state index in [-0.39, 0.29) is 5.56 Å². The molecule has 0 radical (unpaired) electrons. The van der Waals surface area contributed by atoms with Crippen LogP contribution in [0.5, 0.6) is 0 Å². The van der Waals surface area contributed by atoms with Gasteiger partial charge in [0.15, 0.2) is 0 Å². The molecule has 0 aliphatic carbocycles. The lowest BCUT2D eigenvalue weighted by Crippen LogP contribution is -2.34. The number of methoxy groups -OCH3 is 1. The van der Waals surface area contributed by atoms with Gasteiger partial charge in [-0.25, -0.2) is 4.79 Å². The maximum Gasteiger partial charge on any atom is 0.338 e. The molecule has 2 unspecified atom stereocenters. The minimum absolute atomic E-state index is 0.259. The van der Waals surface area contributed by atoms with Crippen LogP contribution < -0.4 is 0 Å². The first kappa shape index (κ1) is 15.8. The highest BCUT2D eigenvalue weighted by Crippen LogP contribution is 2.29. The van der Waals surface area contributed by atoms with Crippen LogP contribution in [-0.2, 0) is 9.53 Å². The Bertz CT molecular complexity index is 512. The first-order valence-corrected chi connectivity index (χ1v) is 6.25. The highest BCUT2D eigenvalue weighted by Gasteiger charge is 2.37. The van der Waals surface area contributed by atoms with Gasteiger partial charge < -0.3 is 4.74 Å². The molecule has 0 aromatic heterocycles. The summed E-state index contributed by atoms with van der Waals surface area (Å²) < 4.78 is 4.68. The van der Waals surface area contributed by atoms with Crippen LogP contribution in [0.25, 0.3) is 0 Å². The maximum atomic E-state index is 11.7. The molecule has 1 aromatic carbocycles. The molecular formula is C14H17NO5. The van der Waals surface area contributed by atoms with Crippen molar-refractivity contribution in [1.82, 2.24) is 0 Å². The number of ether oxygens (including phenoxy) is 1. The van der Waals surface area contributed by atoms with Crippen LogP contribution >= 0.6 is 0 Å². The van der Waals surface area contributed by atoms with E-state index in [4.69, 9.17) is 0 Å². The Morgan fingerprint density at radius 2 is 1.95 bits per heavy atom. The van der Waals surface area contributed by atoms with Crippen LogP contribution in [0.1, 0.15) is 42.1 Å². The average molecular weight is 279 g/mol. The van der Waals surface area contributed by atoms with Gasteiger partial charge in [0.2, 0.25) is 5.78 Å². The van der Waals surface area contributed by atoms with Gasteiger partial charge >= 0.3 is 5.97 Å². The molecule has 0 heterocycles. The third-order valence-corrected chi connectivity index (χ3v) is 3.23. The summed E-state index contributed by atoms with van der Waals surface area (Å²) in [6.07, 6.45) is 0.374. The third kappa shape index (κ3) is 3.20. The Labute approximate surface area is 116 Å². The highest BCUT2D eigenvalue weighted by atomic mass is 16.6. The van der Waals surface area contributed by atoms with E-state index >= 15 is 0 Å². The SMILES string of the molecule is CCC(c1ccccc1C(=O)OC)C(C(C)=O)[N+](=O)[O-]. The van der Waals surface area contributed by atoms with Gasteiger partial charge in [-0.15, -0.1) is 0 Å². The van der Waals surface area contributed by atoms with Gasteiger partial charge in [-0.05, 0) is 18.1 Å². The Morgan fingerprint density at radius 3 is 2.40 bits per heavy atom. The van der Waals surface area contributed by atoms with Crippen molar-refractivity contribution in [3.63, 3.8) is 0 Å². The summed E-state index contributed by atoms with van der Waals surface area (Å²) in [5, 5.41) is 11.1. The summed E-state index contributed by atoms with van der Waals surface area (Å²) in [5.74, 6) is -1.75. The number of esters is 1. The van der Waals surface area contributed by atoms with Crippen LogP contribution in [0, 0.1) is 10.1 Å². The van der Waals surface area contributed by atoms with E-state index < -0.39 is 28.6 Å². The average Bonchev–Trinajstić information content (AvgIpc) is 2.42. The molecule has 6 nitrogen and oxygen atoms in total. The van der Waals surface area contributed by atoms with Gasteiger partial charge in [0.1, 0.15) is 0 Å². The standard InChI is InChI=1S/C14H17NO5/c1-4-10(13(9(2)16)15(18)19)11-7-5-6-8-12(11)14(17)20-3/h5-8,10,13H,4H2,1-3H3. The summed E-state index contributed by atoms with van der Waals surface area (Å²) in [4.78, 5) is 33.8. The molecule has 108 valence electrons. The molecule has 0 spiro atoms. The second kappa shape index (κ2) is 6.79. The second-order valence-corrected chi connectivity index (χ2v) is 4.43. The molecule has 2 atom stereocenters. The molecule has 0 amide bonds. The van der Waals surface area contributed by atoms with Gasteiger partial charge in [0, 0.05) is 11.8 Å². The number of rotatable bonds is 6. The van der Waals surface area contributed by atoms with Crippen molar-refractivity contribution in [3.05, 3.63) is 45.5 Å². The molecule has 0 aliphatic rings. The topological polar surface area (TPSA) is 86.5 Å². The van der Waals surface area contributed by atoms with E-state index in [1.54, 1.807) is 31.2 Å². The minimum atomic E-state index is -1.36. The van der Waals surface area contributed by atoms with Crippen LogP contribution in [0.2, 0.25) is 0 Å². The fourth-order valence-corrected chi connectivity index (χ4v) is 2.31. The zero-order valence-electron chi connectivity index (χ0n) is 11.7. The minimum Gasteiger partial charge on any atom is -0.465 e. The highest BCUT2D eigenvalue weighted by molar-refractivity contribution is 5.92. The number of carbonyl (C=O) groups is 2. The summed E-state index contributed by atoms with van der Waals surface area (Å²) in [6.45, 7) is 2.94. The largest absolute Gasteiger partial charge is 0.465 e. The van der Waals surface area contributed by atoms with Crippen molar-refractivity contribution >= 4 is 11.8 Å². The summed E-state index contributed by atoms with van der Waals surface area (Å²) in [6, 6.07) is 5.14. The van der Waals surface area contributed by atoms with Gasteiger partial charge in [0.05, 0.1) is 18.6 Å². The van der Waals surface area contributed by atoms with Gasteiger partial charge in [-0.2, -0.15) is 0 Å². The quantitative estimate of drug-likeness (QED) is 0.452. The van der Waals surface area contributed by atoms with Crippen molar-refractivity contribution in [3.8, 4) is 0 Å². The second-order valence-electron chi connectivity index (χ2n) is 4.43. The molecule has 0 bridgehead atoms. The molecule has 20 heavy (non-hydrogen) atoms. The van der Waals surface area contributed by atoms with E-state index in [1.165, 1.54) is 14.0 Å². The van der Waals surface area contributed by atoms with Crippen LogP contribution in [0.15, 0.2) is 24.3 Å². The lowest BCUT2D eigenvalue weighted by molar-refractivity contribution is -0.511. The predicted octanol–water partition coefficient (Wildman–Crippen LogP) is 2.20. The number of nitrogens with zero attached hydrogens (tertiary/aromatic N) is 1. The maximum absolute atomic E-state index is 11.7. The molecular weight excluding hydrogens is 262 g/mol. The van der Waals surface area contributed by atoms with Crippen LogP contribution in [0.3, 0.4) is 0 Å². The lowest BCUT2D eigenvalue weighted by Gasteiger charge is -2.20. The Kier molecular flexibility index (Phi) is 5.37. The zero-order chi connectivity index (χ0) is 15.3. The number of Topliss-reactive ketones (excluding diaryl/α,β-unsaturated/α-hetero) is 1. The van der Waals surface area contributed by atoms with E-state index in [1.807, 2.05) is 0 Å². The molecule has 1 aromatic rings. The van der Waals surface area contributed by atoms with Gasteiger partial charge in [-0.1, -0.05) is 25.1 Å². The lowest BCUT2D eigenvalue weighted by atomic mass is 9.85. The van der Waals surface area contributed by atoms with E-state index in [0.29, 0.717) is 12.0 Å². The third-order valence-electron chi connectivity index (χ3n) is 3.23. The fourth-order valence-electron chi connectivity index (χ4n) is 2.31. The molecule has 0 saturated heterocycles. The molecule has 1 rings (SSSR count). The normalized spacial score (nSPS) is 13.3. The van der Waals surface area contributed by atoms with Crippen molar-refractivity contribution in [2.24, 2.45) is 0 Å².